The zero-order valence-corrected chi connectivity index (χ0v) is 33.1. The summed E-state index contributed by atoms with van der Waals surface area (Å²) < 4.78 is 9.69. The van der Waals surface area contributed by atoms with E-state index in [1.165, 1.54) is 100 Å². The molecule has 278 valence electrons. The van der Waals surface area contributed by atoms with Crippen LogP contribution in [0.1, 0.15) is 22.8 Å². The van der Waals surface area contributed by atoms with Crippen LogP contribution in [0.25, 0.3) is 88.6 Å². The molecule has 58 heavy (non-hydrogen) atoms. The maximum Gasteiger partial charge on any atom is 0.0625 e. The van der Waals surface area contributed by atoms with E-state index in [2.05, 4.69) is 228 Å². The van der Waals surface area contributed by atoms with Crippen molar-refractivity contribution in [1.29, 1.82) is 0 Å². The summed E-state index contributed by atoms with van der Waals surface area (Å²) in [7, 11) is 0. The smallest absolute Gasteiger partial charge is 0.0625 e. The van der Waals surface area contributed by atoms with Crippen molar-refractivity contribution in [3.8, 4) is 45.0 Å². The van der Waals surface area contributed by atoms with Gasteiger partial charge in [0.05, 0.1) is 22.1 Å². The van der Waals surface area contributed by atoms with Gasteiger partial charge in [-0.3, -0.25) is 0 Å². The van der Waals surface area contributed by atoms with Crippen LogP contribution in [0.4, 0.5) is 0 Å². The molecule has 0 saturated carbocycles. The summed E-state index contributed by atoms with van der Waals surface area (Å²) in [5.41, 5.74) is 19.2. The summed E-state index contributed by atoms with van der Waals surface area (Å²) >= 11 is 0. The van der Waals surface area contributed by atoms with Crippen LogP contribution < -0.4 is 0 Å². The summed E-state index contributed by atoms with van der Waals surface area (Å²) in [6.07, 6.45) is 0. The van der Waals surface area contributed by atoms with Gasteiger partial charge in [-0.2, -0.15) is 0 Å². The van der Waals surface area contributed by atoms with Crippen LogP contribution >= 0.6 is 0 Å². The van der Waals surface area contributed by atoms with E-state index in [1.807, 2.05) is 0 Å². The molecule has 0 atom stereocenters. The van der Waals surface area contributed by atoms with E-state index in [4.69, 9.17) is 0 Å². The van der Waals surface area contributed by atoms with Gasteiger partial charge >= 0.3 is 0 Å². The zero-order valence-electron chi connectivity index (χ0n) is 33.1. The largest absolute Gasteiger partial charge is 0.314 e. The van der Waals surface area contributed by atoms with Gasteiger partial charge in [0.15, 0.2) is 0 Å². The molecular weight excluding hydrogens is 705 g/mol. The molecule has 0 amide bonds. The SMILES string of the molecule is Cc1cc2c(ccc3cc(C)n(-c4cccc(-n5c(C)cc6ccc7c(cc(C)n7-c7cccc(-c8ccccc8)c7)c65)c4)c32)n1-c1cccc(-c2ccccc2)c1. The molecule has 0 bridgehead atoms. The van der Waals surface area contributed by atoms with Crippen molar-refractivity contribution in [3.05, 3.63) is 205 Å². The lowest BCUT2D eigenvalue weighted by atomic mass is 10.1. The van der Waals surface area contributed by atoms with Crippen LogP contribution in [-0.2, 0) is 0 Å². The first kappa shape index (κ1) is 34.0. The molecule has 0 fully saturated rings. The minimum atomic E-state index is 1.15. The van der Waals surface area contributed by atoms with Crippen LogP contribution in [0.3, 0.4) is 0 Å². The first-order chi connectivity index (χ1) is 28.4. The van der Waals surface area contributed by atoms with E-state index in [-0.39, 0.29) is 0 Å². The van der Waals surface area contributed by atoms with Gasteiger partial charge in [0.25, 0.3) is 0 Å². The van der Waals surface area contributed by atoms with Crippen molar-refractivity contribution in [3.63, 3.8) is 0 Å². The summed E-state index contributed by atoms with van der Waals surface area (Å²) in [4.78, 5) is 0. The predicted octanol–water partition coefficient (Wildman–Crippen LogP) is 14.0. The number of hydrogen-bond donors (Lipinski definition) is 0. The average molecular weight is 747 g/mol. The van der Waals surface area contributed by atoms with Gasteiger partial charge in [0.2, 0.25) is 0 Å². The molecule has 11 aromatic rings. The molecular formula is C54H42N4. The normalized spacial score (nSPS) is 11.8. The first-order valence-corrected chi connectivity index (χ1v) is 20.1. The van der Waals surface area contributed by atoms with Crippen molar-refractivity contribution in [2.24, 2.45) is 0 Å². The second-order valence-corrected chi connectivity index (χ2v) is 15.7. The van der Waals surface area contributed by atoms with Crippen molar-refractivity contribution < 1.29 is 0 Å². The highest BCUT2D eigenvalue weighted by molar-refractivity contribution is 6.08. The molecule has 0 unspecified atom stereocenters. The van der Waals surface area contributed by atoms with E-state index in [9.17, 15) is 0 Å². The molecule has 0 saturated heterocycles. The maximum absolute atomic E-state index is 2.45. The van der Waals surface area contributed by atoms with E-state index >= 15 is 0 Å². The number of hydrogen-bond acceptors (Lipinski definition) is 0. The molecule has 0 aliphatic heterocycles. The second kappa shape index (κ2) is 13.1. The van der Waals surface area contributed by atoms with Crippen LogP contribution in [0.5, 0.6) is 0 Å². The molecule has 0 aliphatic rings. The minimum Gasteiger partial charge on any atom is -0.314 e. The Morgan fingerprint density at radius 1 is 0.276 bits per heavy atom. The number of aromatic nitrogens is 4. The van der Waals surface area contributed by atoms with Gasteiger partial charge < -0.3 is 18.3 Å². The highest BCUT2D eigenvalue weighted by atomic mass is 15.0. The third kappa shape index (κ3) is 5.29. The zero-order chi connectivity index (χ0) is 39.1. The third-order valence-corrected chi connectivity index (χ3v) is 12.0. The van der Waals surface area contributed by atoms with Gasteiger partial charge in [0.1, 0.15) is 0 Å². The first-order valence-electron chi connectivity index (χ1n) is 20.1. The third-order valence-electron chi connectivity index (χ3n) is 12.0. The van der Waals surface area contributed by atoms with Gasteiger partial charge in [-0.1, -0.05) is 103 Å². The summed E-state index contributed by atoms with van der Waals surface area (Å²) in [6, 6.07) is 66.6. The summed E-state index contributed by atoms with van der Waals surface area (Å²) in [5, 5.41) is 4.97. The lowest BCUT2D eigenvalue weighted by molar-refractivity contribution is 1.02. The van der Waals surface area contributed by atoms with E-state index < -0.39 is 0 Å². The fourth-order valence-electron chi connectivity index (χ4n) is 9.53. The monoisotopic (exact) mass is 746 g/mol. The Morgan fingerprint density at radius 3 is 1.07 bits per heavy atom. The van der Waals surface area contributed by atoms with Gasteiger partial charge in [0, 0.05) is 67.1 Å². The molecule has 11 rings (SSSR count). The molecule has 4 heterocycles. The van der Waals surface area contributed by atoms with Gasteiger partial charge in [-0.15, -0.1) is 0 Å². The fourth-order valence-corrected chi connectivity index (χ4v) is 9.53. The Kier molecular flexibility index (Phi) is 7.70. The Bertz CT molecular complexity index is 3150. The van der Waals surface area contributed by atoms with E-state index in [0.29, 0.717) is 0 Å². The molecule has 0 aliphatic carbocycles. The maximum atomic E-state index is 2.45. The van der Waals surface area contributed by atoms with Crippen LogP contribution in [-0.4, -0.2) is 18.3 Å². The topological polar surface area (TPSA) is 19.7 Å². The Hall–Kier alpha value is -7.30. The van der Waals surface area contributed by atoms with Gasteiger partial charge in [-0.05, 0) is 129 Å². The molecule has 0 radical (unpaired) electrons. The Morgan fingerprint density at radius 2 is 0.638 bits per heavy atom. The number of benzene rings is 7. The number of aryl methyl sites for hydroxylation is 4. The van der Waals surface area contributed by atoms with E-state index in [0.717, 1.165) is 11.4 Å². The van der Waals surface area contributed by atoms with Crippen molar-refractivity contribution in [2.75, 3.05) is 0 Å². The van der Waals surface area contributed by atoms with Gasteiger partial charge in [-0.25, -0.2) is 0 Å². The van der Waals surface area contributed by atoms with Crippen molar-refractivity contribution in [1.82, 2.24) is 18.3 Å². The van der Waals surface area contributed by atoms with Crippen LogP contribution in [0.15, 0.2) is 182 Å². The fraction of sp³-hybridized carbons (Fsp3) is 0.0741. The highest BCUT2D eigenvalue weighted by Gasteiger charge is 2.19. The van der Waals surface area contributed by atoms with Crippen molar-refractivity contribution >= 4 is 43.6 Å². The molecule has 4 aromatic heterocycles. The Labute approximate surface area is 338 Å². The van der Waals surface area contributed by atoms with Crippen LogP contribution in [0.2, 0.25) is 0 Å². The molecule has 7 aromatic carbocycles. The quantitative estimate of drug-likeness (QED) is 0.161. The summed E-state index contributed by atoms with van der Waals surface area (Å²) in [5.74, 6) is 0. The summed E-state index contributed by atoms with van der Waals surface area (Å²) in [6.45, 7) is 8.89. The number of fused-ring (bicyclic) bond motifs is 6. The predicted molar refractivity (Wildman–Crippen MR) is 244 cm³/mol. The number of rotatable bonds is 6. The second-order valence-electron chi connectivity index (χ2n) is 15.7. The molecule has 4 nitrogen and oxygen atoms in total. The Balaban J connectivity index is 1.05. The standard InChI is InChI=1S/C54H42N4/c1-35-28-43-24-26-51-49(30-37(3)55(51)45-20-11-18-41(32-45)39-14-7-5-8-15-39)53(43)57(35)47-22-13-23-48(34-47)58-36(2)29-44-25-27-52-50(54(44)58)31-38(4)56(52)46-21-12-19-42(33-46)40-16-9-6-10-17-40/h5-34H,1-4H3. The van der Waals surface area contributed by atoms with Crippen LogP contribution in [0, 0.1) is 27.7 Å². The lowest BCUT2D eigenvalue weighted by Gasteiger charge is -2.15. The van der Waals surface area contributed by atoms with Crippen molar-refractivity contribution in [2.45, 2.75) is 27.7 Å². The highest BCUT2D eigenvalue weighted by Crippen LogP contribution is 2.38. The lowest BCUT2D eigenvalue weighted by Crippen LogP contribution is -2.01. The minimum absolute atomic E-state index is 1.15. The number of nitrogens with zero attached hydrogens (tertiary/aromatic N) is 4. The van der Waals surface area contributed by atoms with E-state index in [1.54, 1.807) is 0 Å². The molecule has 4 heteroatoms. The average Bonchev–Trinajstić information content (AvgIpc) is 3.99. The molecule has 0 spiro atoms. The molecule has 0 N–H and O–H groups in total.